The van der Waals surface area contributed by atoms with Gasteiger partial charge in [-0.1, -0.05) is 31.4 Å². The van der Waals surface area contributed by atoms with Gasteiger partial charge >= 0.3 is 0 Å². The summed E-state index contributed by atoms with van der Waals surface area (Å²) in [5.74, 6) is 1.62. The molecule has 1 N–H and O–H groups in total. The Labute approximate surface area is 75.5 Å². The molecule has 70 valence electrons. The molecule has 2 atom stereocenters. The third-order valence-corrected chi connectivity index (χ3v) is 2.75. The van der Waals surface area contributed by atoms with Crippen LogP contribution >= 0.6 is 0 Å². The third kappa shape index (κ3) is 2.98. The summed E-state index contributed by atoms with van der Waals surface area (Å²) in [6.45, 7) is 4.57. The van der Waals surface area contributed by atoms with Crippen LogP contribution in [0.2, 0.25) is 0 Å². The van der Waals surface area contributed by atoms with Crippen LogP contribution in [0, 0.1) is 11.8 Å². The molecule has 0 bridgehead atoms. The first-order valence-corrected chi connectivity index (χ1v) is 5.00. The van der Waals surface area contributed by atoms with Crippen LogP contribution in [-0.4, -0.2) is 11.7 Å². The minimum Gasteiger partial charge on any atom is -0.392 e. The van der Waals surface area contributed by atoms with Gasteiger partial charge < -0.3 is 5.11 Å². The van der Waals surface area contributed by atoms with Crippen LogP contribution in [0.4, 0.5) is 0 Å². The molecule has 1 aliphatic rings. The van der Waals surface area contributed by atoms with Crippen LogP contribution in [0.25, 0.3) is 0 Å². The number of aliphatic hydroxyl groups excluding tert-OH is 1. The first-order valence-electron chi connectivity index (χ1n) is 5.00. The fourth-order valence-corrected chi connectivity index (χ4v) is 2.09. The molecule has 1 rings (SSSR count). The molecule has 0 spiro atoms. The summed E-state index contributed by atoms with van der Waals surface area (Å²) in [6.07, 6.45) is 7.65. The van der Waals surface area contributed by atoms with Crippen LogP contribution in [0.5, 0.6) is 0 Å². The van der Waals surface area contributed by atoms with Crippen LogP contribution in [0.3, 0.4) is 0 Å². The van der Waals surface area contributed by atoms with E-state index < -0.39 is 0 Å². The zero-order chi connectivity index (χ0) is 8.97. The van der Waals surface area contributed by atoms with Gasteiger partial charge in [0.2, 0.25) is 0 Å². The Balaban J connectivity index is 2.41. The van der Waals surface area contributed by atoms with E-state index in [0.717, 1.165) is 17.4 Å². The Kier molecular flexibility index (Phi) is 3.80. The van der Waals surface area contributed by atoms with Gasteiger partial charge in [-0.3, -0.25) is 0 Å². The van der Waals surface area contributed by atoms with E-state index >= 15 is 0 Å². The zero-order valence-corrected chi connectivity index (χ0v) is 8.21. The molecule has 0 aromatic carbocycles. The second-order valence-electron chi connectivity index (χ2n) is 4.20. The lowest BCUT2D eigenvalue weighted by molar-refractivity contribution is 0.312. The van der Waals surface area contributed by atoms with Crippen molar-refractivity contribution >= 4 is 0 Å². The van der Waals surface area contributed by atoms with E-state index in [9.17, 15) is 0 Å². The van der Waals surface area contributed by atoms with Gasteiger partial charge in [-0.2, -0.15) is 0 Å². The monoisotopic (exact) mass is 168 g/mol. The highest BCUT2D eigenvalue weighted by molar-refractivity contribution is 5.02. The number of rotatable bonds is 2. The molecule has 1 heteroatoms. The maximum atomic E-state index is 8.86. The predicted octanol–water partition coefficient (Wildman–Crippen LogP) is 2.75. The Bertz CT molecular complexity index is 160. The lowest BCUT2D eigenvalue weighted by atomic mass is 9.82. The maximum Gasteiger partial charge on any atom is 0.0639 e. The van der Waals surface area contributed by atoms with Crippen molar-refractivity contribution in [1.82, 2.24) is 0 Å². The molecule has 1 nitrogen and oxygen atoms in total. The fraction of sp³-hybridized carbons (Fsp3) is 0.818. The maximum absolute atomic E-state index is 8.86. The molecular formula is C11H20O. The summed E-state index contributed by atoms with van der Waals surface area (Å²) in [4.78, 5) is 0. The summed E-state index contributed by atoms with van der Waals surface area (Å²) >= 11 is 0. The standard InChI is InChI=1S/C11H20O/c1-9-4-3-5-11(6-9)7-10(2)8-12/h7,9,11-12H,3-6,8H2,1-2H3/b10-7-. The highest BCUT2D eigenvalue weighted by atomic mass is 16.3. The highest BCUT2D eigenvalue weighted by Crippen LogP contribution is 2.29. The number of allylic oxidation sites excluding steroid dienone is 1. The summed E-state index contributed by atoms with van der Waals surface area (Å²) < 4.78 is 0. The molecule has 0 aromatic rings. The van der Waals surface area contributed by atoms with E-state index in [1.807, 2.05) is 6.92 Å². The summed E-state index contributed by atoms with van der Waals surface area (Å²) in [7, 11) is 0. The molecule has 0 radical (unpaired) electrons. The van der Waals surface area contributed by atoms with Crippen LogP contribution < -0.4 is 0 Å². The minimum atomic E-state index is 0.227. The van der Waals surface area contributed by atoms with Gasteiger partial charge in [0.1, 0.15) is 0 Å². The van der Waals surface area contributed by atoms with Gasteiger partial charge in [0.25, 0.3) is 0 Å². The lowest BCUT2D eigenvalue weighted by Gasteiger charge is -2.24. The van der Waals surface area contributed by atoms with Gasteiger partial charge in [0, 0.05) is 0 Å². The number of hydrogen-bond donors (Lipinski definition) is 1. The summed E-state index contributed by atoms with van der Waals surface area (Å²) in [5, 5.41) is 8.86. The molecule has 12 heavy (non-hydrogen) atoms. The van der Waals surface area contributed by atoms with Crippen LogP contribution in [-0.2, 0) is 0 Å². The average molecular weight is 168 g/mol. The molecule has 0 heterocycles. The Hall–Kier alpha value is -0.300. The topological polar surface area (TPSA) is 20.2 Å². The molecule has 0 saturated heterocycles. The SMILES string of the molecule is C/C(=C/C1CCCC(C)C1)CO. The molecule has 1 saturated carbocycles. The summed E-state index contributed by atoms with van der Waals surface area (Å²) in [5.41, 5.74) is 1.13. The van der Waals surface area contributed by atoms with E-state index in [2.05, 4.69) is 13.0 Å². The molecule has 0 amide bonds. The Morgan fingerprint density at radius 1 is 1.50 bits per heavy atom. The van der Waals surface area contributed by atoms with E-state index in [-0.39, 0.29) is 6.61 Å². The second kappa shape index (κ2) is 4.66. The molecule has 0 aliphatic heterocycles. The fourth-order valence-electron chi connectivity index (χ4n) is 2.09. The number of hydrogen-bond acceptors (Lipinski definition) is 1. The molecule has 0 aromatic heterocycles. The van der Waals surface area contributed by atoms with E-state index in [1.54, 1.807) is 0 Å². The first-order chi connectivity index (χ1) is 5.72. The van der Waals surface area contributed by atoms with Crippen molar-refractivity contribution < 1.29 is 5.11 Å². The molecule has 1 aliphatic carbocycles. The van der Waals surface area contributed by atoms with Crippen molar-refractivity contribution in [2.75, 3.05) is 6.61 Å². The second-order valence-corrected chi connectivity index (χ2v) is 4.20. The zero-order valence-electron chi connectivity index (χ0n) is 8.21. The van der Waals surface area contributed by atoms with Gasteiger partial charge in [-0.25, -0.2) is 0 Å². The Morgan fingerprint density at radius 2 is 2.25 bits per heavy atom. The largest absolute Gasteiger partial charge is 0.392 e. The van der Waals surface area contributed by atoms with E-state index in [4.69, 9.17) is 5.11 Å². The van der Waals surface area contributed by atoms with Crippen molar-refractivity contribution in [2.45, 2.75) is 39.5 Å². The van der Waals surface area contributed by atoms with Crippen LogP contribution in [0.1, 0.15) is 39.5 Å². The number of aliphatic hydroxyl groups is 1. The lowest BCUT2D eigenvalue weighted by Crippen LogP contribution is -2.11. The third-order valence-electron chi connectivity index (χ3n) is 2.75. The highest BCUT2D eigenvalue weighted by Gasteiger charge is 2.16. The van der Waals surface area contributed by atoms with Gasteiger partial charge in [-0.15, -0.1) is 0 Å². The van der Waals surface area contributed by atoms with E-state index in [0.29, 0.717) is 0 Å². The van der Waals surface area contributed by atoms with Gasteiger partial charge in [-0.05, 0) is 31.6 Å². The Morgan fingerprint density at radius 3 is 2.83 bits per heavy atom. The van der Waals surface area contributed by atoms with Crippen molar-refractivity contribution in [3.05, 3.63) is 11.6 Å². The molecule has 1 fully saturated rings. The van der Waals surface area contributed by atoms with Crippen LogP contribution in [0.15, 0.2) is 11.6 Å². The molecular weight excluding hydrogens is 148 g/mol. The average Bonchev–Trinajstić information content (AvgIpc) is 2.04. The smallest absolute Gasteiger partial charge is 0.0639 e. The first kappa shape index (κ1) is 9.79. The normalized spacial score (nSPS) is 32.1. The minimum absolute atomic E-state index is 0.227. The quantitative estimate of drug-likeness (QED) is 0.629. The van der Waals surface area contributed by atoms with Gasteiger partial charge in [0.15, 0.2) is 0 Å². The van der Waals surface area contributed by atoms with Crippen molar-refractivity contribution in [3.8, 4) is 0 Å². The van der Waals surface area contributed by atoms with Crippen molar-refractivity contribution in [1.29, 1.82) is 0 Å². The molecule has 2 unspecified atom stereocenters. The summed E-state index contributed by atoms with van der Waals surface area (Å²) in [6, 6.07) is 0. The van der Waals surface area contributed by atoms with Gasteiger partial charge in [0.05, 0.1) is 6.61 Å². The van der Waals surface area contributed by atoms with Crippen molar-refractivity contribution in [3.63, 3.8) is 0 Å². The predicted molar refractivity (Wildman–Crippen MR) is 52.0 cm³/mol. The van der Waals surface area contributed by atoms with Crippen molar-refractivity contribution in [2.24, 2.45) is 11.8 Å². The van der Waals surface area contributed by atoms with E-state index in [1.165, 1.54) is 25.7 Å².